The molecular weight excluding hydrogens is 268 g/mol. The number of nitrogens with two attached hydrogens (primary N) is 1. The standard InChI is InChI=1S/C15H22N4S/c1-4-20-13-7-5-12(6-8-13)15(18-16)14-9-10-17-19(14)11(2)3/h5-11,15,18H,4,16H2,1-3H3. The Bertz CT molecular complexity index is 533. The Morgan fingerprint density at radius 2 is 1.95 bits per heavy atom. The van der Waals surface area contributed by atoms with Crippen molar-refractivity contribution < 1.29 is 0 Å². The Kier molecular flexibility index (Phi) is 5.23. The van der Waals surface area contributed by atoms with Gasteiger partial charge in [-0.1, -0.05) is 19.1 Å². The Hall–Kier alpha value is -1.30. The maximum Gasteiger partial charge on any atom is 0.0878 e. The van der Waals surface area contributed by atoms with E-state index >= 15 is 0 Å². The van der Waals surface area contributed by atoms with Crippen molar-refractivity contribution >= 4 is 11.8 Å². The molecule has 1 unspecified atom stereocenters. The molecule has 2 rings (SSSR count). The van der Waals surface area contributed by atoms with Gasteiger partial charge < -0.3 is 0 Å². The SMILES string of the molecule is CCSc1ccc(C(NN)c2ccnn2C(C)C)cc1. The summed E-state index contributed by atoms with van der Waals surface area (Å²) in [6.07, 6.45) is 1.82. The molecule has 2 aromatic rings. The second-order valence-electron chi connectivity index (χ2n) is 4.90. The second kappa shape index (κ2) is 6.92. The summed E-state index contributed by atoms with van der Waals surface area (Å²) in [5, 5.41) is 4.37. The molecule has 0 bridgehead atoms. The summed E-state index contributed by atoms with van der Waals surface area (Å²) in [6, 6.07) is 10.8. The van der Waals surface area contributed by atoms with Crippen LogP contribution < -0.4 is 11.3 Å². The molecule has 0 fully saturated rings. The van der Waals surface area contributed by atoms with Crippen LogP contribution in [0.25, 0.3) is 0 Å². The van der Waals surface area contributed by atoms with E-state index in [4.69, 9.17) is 5.84 Å². The van der Waals surface area contributed by atoms with E-state index in [0.717, 1.165) is 17.0 Å². The van der Waals surface area contributed by atoms with Gasteiger partial charge in [-0.25, -0.2) is 5.43 Å². The third-order valence-corrected chi connectivity index (χ3v) is 4.07. The number of hydrogen-bond acceptors (Lipinski definition) is 4. The van der Waals surface area contributed by atoms with Gasteiger partial charge >= 0.3 is 0 Å². The van der Waals surface area contributed by atoms with Crippen LogP contribution in [-0.2, 0) is 0 Å². The first-order chi connectivity index (χ1) is 9.67. The Morgan fingerprint density at radius 1 is 1.25 bits per heavy atom. The minimum atomic E-state index is -0.0411. The molecule has 0 spiro atoms. The molecule has 0 saturated heterocycles. The fourth-order valence-electron chi connectivity index (χ4n) is 2.26. The monoisotopic (exact) mass is 290 g/mol. The predicted octanol–water partition coefficient (Wildman–Crippen LogP) is 3.13. The van der Waals surface area contributed by atoms with E-state index in [1.807, 2.05) is 28.7 Å². The van der Waals surface area contributed by atoms with Gasteiger partial charge in [0.05, 0.1) is 11.7 Å². The van der Waals surface area contributed by atoms with Crippen molar-refractivity contribution in [3.63, 3.8) is 0 Å². The summed E-state index contributed by atoms with van der Waals surface area (Å²) in [7, 11) is 0. The van der Waals surface area contributed by atoms with Gasteiger partial charge in [0.25, 0.3) is 0 Å². The highest BCUT2D eigenvalue weighted by Gasteiger charge is 2.18. The number of thioether (sulfide) groups is 1. The zero-order valence-corrected chi connectivity index (χ0v) is 13.0. The van der Waals surface area contributed by atoms with E-state index < -0.39 is 0 Å². The molecule has 1 atom stereocenters. The lowest BCUT2D eigenvalue weighted by atomic mass is 10.0. The molecule has 3 N–H and O–H groups in total. The van der Waals surface area contributed by atoms with Crippen molar-refractivity contribution in [3.05, 3.63) is 47.8 Å². The Labute approximate surface area is 124 Å². The molecule has 0 aliphatic heterocycles. The second-order valence-corrected chi connectivity index (χ2v) is 6.23. The molecule has 108 valence electrons. The van der Waals surface area contributed by atoms with Crippen LogP contribution in [-0.4, -0.2) is 15.5 Å². The quantitative estimate of drug-likeness (QED) is 0.487. The van der Waals surface area contributed by atoms with E-state index in [1.54, 1.807) is 0 Å². The van der Waals surface area contributed by atoms with E-state index in [0.29, 0.717) is 6.04 Å². The van der Waals surface area contributed by atoms with Crippen LogP contribution in [0.3, 0.4) is 0 Å². The average molecular weight is 290 g/mol. The predicted molar refractivity (Wildman–Crippen MR) is 84.6 cm³/mol. The molecular formula is C15H22N4S. The van der Waals surface area contributed by atoms with Crippen LogP contribution in [0.5, 0.6) is 0 Å². The highest BCUT2D eigenvalue weighted by molar-refractivity contribution is 7.99. The van der Waals surface area contributed by atoms with Crippen molar-refractivity contribution in [2.75, 3.05) is 5.75 Å². The Balaban J connectivity index is 2.29. The van der Waals surface area contributed by atoms with Gasteiger partial charge in [0.2, 0.25) is 0 Å². The number of aromatic nitrogens is 2. The van der Waals surface area contributed by atoms with Crippen molar-refractivity contribution in [3.8, 4) is 0 Å². The number of hydrazine groups is 1. The van der Waals surface area contributed by atoms with Gasteiger partial charge in [0.1, 0.15) is 0 Å². The van der Waals surface area contributed by atoms with Crippen LogP contribution in [0.2, 0.25) is 0 Å². The summed E-state index contributed by atoms with van der Waals surface area (Å²) in [6.45, 7) is 6.39. The minimum absolute atomic E-state index is 0.0411. The van der Waals surface area contributed by atoms with Crippen LogP contribution >= 0.6 is 11.8 Å². The highest BCUT2D eigenvalue weighted by atomic mass is 32.2. The van der Waals surface area contributed by atoms with E-state index in [9.17, 15) is 0 Å². The van der Waals surface area contributed by atoms with E-state index in [-0.39, 0.29) is 6.04 Å². The average Bonchev–Trinajstić information content (AvgIpc) is 2.91. The molecule has 4 nitrogen and oxygen atoms in total. The molecule has 0 saturated carbocycles. The fourth-order valence-corrected chi connectivity index (χ4v) is 2.92. The molecule has 0 aliphatic rings. The third kappa shape index (κ3) is 3.23. The van der Waals surface area contributed by atoms with E-state index in [2.05, 4.69) is 55.6 Å². The largest absolute Gasteiger partial charge is 0.271 e. The lowest BCUT2D eigenvalue weighted by molar-refractivity contribution is 0.476. The first-order valence-electron chi connectivity index (χ1n) is 6.89. The lowest BCUT2D eigenvalue weighted by Crippen LogP contribution is -2.31. The lowest BCUT2D eigenvalue weighted by Gasteiger charge is -2.20. The number of benzene rings is 1. The summed E-state index contributed by atoms with van der Waals surface area (Å²) >= 11 is 1.84. The maximum atomic E-state index is 5.77. The van der Waals surface area contributed by atoms with E-state index in [1.165, 1.54) is 4.90 Å². The van der Waals surface area contributed by atoms with Crippen molar-refractivity contribution in [1.29, 1.82) is 0 Å². The topological polar surface area (TPSA) is 55.9 Å². The molecule has 1 aromatic heterocycles. The van der Waals surface area contributed by atoms with Crippen LogP contribution in [0.4, 0.5) is 0 Å². The molecule has 0 radical (unpaired) electrons. The number of nitrogens with zero attached hydrogens (tertiary/aromatic N) is 2. The molecule has 5 heteroatoms. The summed E-state index contributed by atoms with van der Waals surface area (Å²) in [5.74, 6) is 6.85. The van der Waals surface area contributed by atoms with Crippen LogP contribution in [0.1, 0.15) is 44.1 Å². The summed E-state index contributed by atoms with van der Waals surface area (Å²) in [4.78, 5) is 1.28. The first kappa shape index (κ1) is 15.1. The van der Waals surface area contributed by atoms with Gasteiger partial charge in [0.15, 0.2) is 0 Å². The number of nitrogens with one attached hydrogen (secondary N) is 1. The summed E-state index contributed by atoms with van der Waals surface area (Å²) in [5.41, 5.74) is 5.13. The first-order valence-corrected chi connectivity index (χ1v) is 7.88. The minimum Gasteiger partial charge on any atom is -0.271 e. The third-order valence-electron chi connectivity index (χ3n) is 3.18. The van der Waals surface area contributed by atoms with Crippen LogP contribution in [0.15, 0.2) is 41.4 Å². The zero-order chi connectivity index (χ0) is 14.5. The highest BCUT2D eigenvalue weighted by Crippen LogP contribution is 2.25. The molecule has 1 heterocycles. The van der Waals surface area contributed by atoms with Crippen molar-refractivity contribution in [1.82, 2.24) is 15.2 Å². The molecule has 0 amide bonds. The van der Waals surface area contributed by atoms with Gasteiger partial charge in [0, 0.05) is 17.1 Å². The molecule has 0 aliphatic carbocycles. The normalized spacial score (nSPS) is 12.8. The van der Waals surface area contributed by atoms with Crippen molar-refractivity contribution in [2.45, 2.75) is 37.8 Å². The van der Waals surface area contributed by atoms with Crippen molar-refractivity contribution in [2.24, 2.45) is 5.84 Å². The van der Waals surface area contributed by atoms with Gasteiger partial charge in [-0.05, 0) is 43.4 Å². The molecule has 20 heavy (non-hydrogen) atoms. The van der Waals surface area contributed by atoms with Gasteiger partial charge in [-0.3, -0.25) is 10.5 Å². The Morgan fingerprint density at radius 3 is 2.50 bits per heavy atom. The number of hydrogen-bond donors (Lipinski definition) is 2. The summed E-state index contributed by atoms with van der Waals surface area (Å²) < 4.78 is 2.00. The number of rotatable bonds is 6. The van der Waals surface area contributed by atoms with Crippen LogP contribution in [0, 0.1) is 0 Å². The fraction of sp³-hybridized carbons (Fsp3) is 0.400. The molecule has 1 aromatic carbocycles. The van der Waals surface area contributed by atoms with Gasteiger partial charge in [-0.15, -0.1) is 11.8 Å². The smallest absolute Gasteiger partial charge is 0.0878 e. The van der Waals surface area contributed by atoms with Gasteiger partial charge in [-0.2, -0.15) is 5.10 Å². The zero-order valence-electron chi connectivity index (χ0n) is 12.2. The maximum absolute atomic E-state index is 5.77.